The van der Waals surface area contributed by atoms with Crippen LogP contribution in [0.25, 0.3) is 11.4 Å². The average Bonchev–Trinajstić information content (AvgIpc) is 2.46. The minimum absolute atomic E-state index is 0.349. The van der Waals surface area contributed by atoms with Crippen LogP contribution in [0.2, 0.25) is 0 Å². The second kappa shape index (κ2) is 5.05. The first kappa shape index (κ1) is 12.2. The van der Waals surface area contributed by atoms with Gasteiger partial charge >= 0.3 is 0 Å². The Kier molecular flexibility index (Phi) is 3.25. The van der Waals surface area contributed by atoms with Crippen molar-refractivity contribution in [3.8, 4) is 11.4 Å². The number of aromatic nitrogens is 3. The Hall–Kier alpha value is -1.81. The highest BCUT2D eigenvalue weighted by atomic mass is 15.0. The molecule has 1 heterocycles. The van der Waals surface area contributed by atoms with Crippen LogP contribution in [0.1, 0.15) is 35.6 Å². The first-order valence-electron chi connectivity index (χ1n) is 6.80. The van der Waals surface area contributed by atoms with Gasteiger partial charge in [-0.1, -0.05) is 12.1 Å². The summed E-state index contributed by atoms with van der Waals surface area (Å²) in [7, 11) is 0. The summed E-state index contributed by atoms with van der Waals surface area (Å²) in [6, 6.07) is 6.55. The van der Waals surface area contributed by atoms with E-state index < -0.39 is 0 Å². The van der Waals surface area contributed by atoms with E-state index in [2.05, 4.69) is 33.2 Å². The van der Waals surface area contributed by atoms with Gasteiger partial charge in [-0.2, -0.15) is 0 Å². The molecule has 0 fully saturated rings. The van der Waals surface area contributed by atoms with Crippen molar-refractivity contribution in [2.45, 2.75) is 39.2 Å². The predicted molar refractivity (Wildman–Crippen MR) is 74.5 cm³/mol. The number of aryl methyl sites for hydroxylation is 3. The van der Waals surface area contributed by atoms with Crippen molar-refractivity contribution in [1.82, 2.24) is 15.0 Å². The van der Waals surface area contributed by atoms with E-state index in [1.165, 1.54) is 30.4 Å². The molecule has 0 bridgehead atoms. The normalized spacial score (nSPS) is 14.2. The van der Waals surface area contributed by atoms with Gasteiger partial charge in [-0.15, -0.1) is 0 Å². The van der Waals surface area contributed by atoms with Crippen molar-refractivity contribution in [3.63, 3.8) is 0 Å². The molecule has 4 nitrogen and oxygen atoms in total. The van der Waals surface area contributed by atoms with Crippen LogP contribution in [0, 0.1) is 6.92 Å². The predicted octanol–water partition coefficient (Wildman–Crippen LogP) is 2.18. The van der Waals surface area contributed by atoms with Gasteiger partial charge in [-0.3, -0.25) is 0 Å². The smallest absolute Gasteiger partial charge is 0.163 e. The molecule has 4 heteroatoms. The highest BCUT2D eigenvalue weighted by molar-refractivity contribution is 5.57. The maximum absolute atomic E-state index is 5.62. The maximum Gasteiger partial charge on any atom is 0.163 e. The number of hydrogen-bond donors (Lipinski definition) is 1. The summed E-state index contributed by atoms with van der Waals surface area (Å²) in [6.45, 7) is 2.23. The highest BCUT2D eigenvalue weighted by Gasteiger charge is 2.12. The summed E-state index contributed by atoms with van der Waals surface area (Å²) in [5, 5.41) is 0. The zero-order valence-electron chi connectivity index (χ0n) is 11.2. The lowest BCUT2D eigenvalue weighted by Crippen LogP contribution is -2.08. The molecule has 19 heavy (non-hydrogen) atoms. The first-order valence-corrected chi connectivity index (χ1v) is 6.80. The Morgan fingerprint density at radius 1 is 1.05 bits per heavy atom. The third-order valence-electron chi connectivity index (χ3n) is 3.58. The van der Waals surface area contributed by atoms with Crippen LogP contribution in [-0.4, -0.2) is 15.0 Å². The van der Waals surface area contributed by atoms with Gasteiger partial charge in [0.2, 0.25) is 0 Å². The minimum atomic E-state index is 0.349. The molecule has 0 radical (unpaired) electrons. The van der Waals surface area contributed by atoms with Gasteiger partial charge in [-0.05, 0) is 49.8 Å². The Morgan fingerprint density at radius 2 is 1.84 bits per heavy atom. The molecule has 98 valence electrons. The van der Waals surface area contributed by atoms with E-state index in [9.17, 15) is 0 Å². The van der Waals surface area contributed by atoms with Gasteiger partial charge in [0.1, 0.15) is 11.6 Å². The molecule has 0 atom stereocenters. The number of nitrogens with zero attached hydrogens (tertiary/aromatic N) is 3. The zero-order chi connectivity index (χ0) is 13.2. The topological polar surface area (TPSA) is 64.7 Å². The Bertz CT molecular complexity index is 607. The standard InChI is InChI=1S/C15H18N4/c1-10-17-14(9-16)19-15(18-10)13-7-6-11-4-2-3-5-12(11)8-13/h6-8H,2-5,9,16H2,1H3. The zero-order valence-corrected chi connectivity index (χ0v) is 11.2. The second-order valence-electron chi connectivity index (χ2n) is 5.02. The summed E-state index contributed by atoms with van der Waals surface area (Å²) >= 11 is 0. The first-order chi connectivity index (χ1) is 9.26. The van der Waals surface area contributed by atoms with Crippen LogP contribution >= 0.6 is 0 Å². The van der Waals surface area contributed by atoms with Crippen molar-refractivity contribution in [1.29, 1.82) is 0 Å². The molecule has 0 saturated carbocycles. The second-order valence-corrected chi connectivity index (χ2v) is 5.02. The molecular formula is C15H18N4. The van der Waals surface area contributed by atoms with E-state index in [1.54, 1.807) is 0 Å². The number of nitrogens with two attached hydrogens (primary N) is 1. The Balaban J connectivity index is 2.04. The number of fused-ring (bicyclic) bond motifs is 1. The molecule has 0 saturated heterocycles. The summed E-state index contributed by atoms with van der Waals surface area (Å²) in [5.41, 5.74) is 9.61. The van der Waals surface area contributed by atoms with Crippen molar-refractivity contribution in [2.75, 3.05) is 0 Å². The van der Waals surface area contributed by atoms with E-state index in [1.807, 2.05) is 6.92 Å². The molecule has 1 aromatic carbocycles. The van der Waals surface area contributed by atoms with Crippen molar-refractivity contribution >= 4 is 0 Å². The molecule has 2 aromatic rings. The fraction of sp³-hybridized carbons (Fsp3) is 0.400. The fourth-order valence-electron chi connectivity index (χ4n) is 2.63. The third kappa shape index (κ3) is 2.49. The average molecular weight is 254 g/mol. The van der Waals surface area contributed by atoms with E-state index in [0.717, 1.165) is 23.6 Å². The molecule has 2 N–H and O–H groups in total. The quantitative estimate of drug-likeness (QED) is 0.892. The van der Waals surface area contributed by atoms with Crippen LogP contribution < -0.4 is 5.73 Å². The Labute approximate surface area is 113 Å². The van der Waals surface area contributed by atoms with Gasteiger partial charge < -0.3 is 5.73 Å². The summed E-state index contributed by atoms with van der Waals surface area (Å²) in [6.07, 6.45) is 4.94. The minimum Gasteiger partial charge on any atom is -0.324 e. The molecule has 1 aromatic heterocycles. The lowest BCUT2D eigenvalue weighted by Gasteiger charge is -2.16. The number of hydrogen-bond acceptors (Lipinski definition) is 4. The summed E-state index contributed by atoms with van der Waals surface area (Å²) in [4.78, 5) is 13.1. The summed E-state index contributed by atoms with van der Waals surface area (Å²) in [5.74, 6) is 2.12. The van der Waals surface area contributed by atoms with Gasteiger partial charge in [0.15, 0.2) is 5.82 Å². The number of benzene rings is 1. The maximum atomic E-state index is 5.62. The van der Waals surface area contributed by atoms with E-state index >= 15 is 0 Å². The van der Waals surface area contributed by atoms with Crippen molar-refractivity contribution in [2.24, 2.45) is 5.73 Å². The molecule has 0 aliphatic heterocycles. The Morgan fingerprint density at radius 3 is 2.63 bits per heavy atom. The third-order valence-corrected chi connectivity index (χ3v) is 3.58. The largest absolute Gasteiger partial charge is 0.324 e. The van der Waals surface area contributed by atoms with Crippen LogP contribution in [0.3, 0.4) is 0 Å². The van der Waals surface area contributed by atoms with Gasteiger partial charge in [0, 0.05) is 5.56 Å². The van der Waals surface area contributed by atoms with Gasteiger partial charge in [0.25, 0.3) is 0 Å². The summed E-state index contributed by atoms with van der Waals surface area (Å²) < 4.78 is 0. The van der Waals surface area contributed by atoms with Gasteiger partial charge in [-0.25, -0.2) is 15.0 Å². The van der Waals surface area contributed by atoms with Crippen molar-refractivity contribution < 1.29 is 0 Å². The fourth-order valence-corrected chi connectivity index (χ4v) is 2.63. The molecule has 0 amide bonds. The van der Waals surface area contributed by atoms with Crippen LogP contribution in [0.4, 0.5) is 0 Å². The van der Waals surface area contributed by atoms with Crippen LogP contribution in [0.15, 0.2) is 18.2 Å². The van der Waals surface area contributed by atoms with E-state index in [4.69, 9.17) is 5.73 Å². The lowest BCUT2D eigenvalue weighted by molar-refractivity contribution is 0.685. The van der Waals surface area contributed by atoms with E-state index in [-0.39, 0.29) is 0 Å². The SMILES string of the molecule is Cc1nc(CN)nc(-c2ccc3c(c2)CCCC3)n1. The van der Waals surface area contributed by atoms with Crippen LogP contribution in [0.5, 0.6) is 0 Å². The molecule has 1 aliphatic rings. The van der Waals surface area contributed by atoms with Crippen molar-refractivity contribution in [3.05, 3.63) is 41.0 Å². The van der Waals surface area contributed by atoms with Gasteiger partial charge in [0.05, 0.1) is 6.54 Å². The highest BCUT2D eigenvalue weighted by Crippen LogP contribution is 2.25. The lowest BCUT2D eigenvalue weighted by atomic mass is 9.90. The number of rotatable bonds is 2. The molecule has 1 aliphatic carbocycles. The molecule has 0 unspecified atom stereocenters. The molecule has 3 rings (SSSR count). The molecular weight excluding hydrogens is 236 g/mol. The molecule has 0 spiro atoms. The van der Waals surface area contributed by atoms with Crippen LogP contribution in [-0.2, 0) is 19.4 Å². The van der Waals surface area contributed by atoms with E-state index in [0.29, 0.717) is 12.4 Å². The monoisotopic (exact) mass is 254 g/mol.